The highest BCUT2D eigenvalue weighted by Crippen LogP contribution is 2.29. The maximum absolute atomic E-state index is 12.1. The van der Waals surface area contributed by atoms with Gasteiger partial charge in [-0.25, -0.2) is 0 Å². The summed E-state index contributed by atoms with van der Waals surface area (Å²) in [5.41, 5.74) is 2.61. The third-order valence-electron chi connectivity index (χ3n) is 3.80. The zero-order valence-corrected chi connectivity index (χ0v) is 13.1. The van der Waals surface area contributed by atoms with Gasteiger partial charge in [-0.05, 0) is 24.1 Å². The molecule has 2 amide bonds. The summed E-state index contributed by atoms with van der Waals surface area (Å²) >= 11 is 0. The van der Waals surface area contributed by atoms with Crippen LogP contribution in [-0.2, 0) is 20.7 Å². The van der Waals surface area contributed by atoms with E-state index in [0.717, 1.165) is 30.0 Å². The Balaban J connectivity index is 0.00000176. The maximum atomic E-state index is 12.1. The number of hydrogen-bond acceptors (Lipinski definition) is 4. The highest BCUT2D eigenvalue weighted by molar-refractivity contribution is 5.98. The largest absolute Gasteiger partial charge is 0.379 e. The number of carbonyl (C=O) groups excluding carboxylic acids is 2. The van der Waals surface area contributed by atoms with E-state index in [1.165, 1.54) is 0 Å². The van der Waals surface area contributed by atoms with Crippen LogP contribution in [-0.4, -0.2) is 49.6 Å². The van der Waals surface area contributed by atoms with E-state index in [1.54, 1.807) is 0 Å². The number of benzene rings is 1. The molecule has 0 aliphatic carbocycles. The lowest BCUT2D eigenvalue weighted by Crippen LogP contribution is -2.41. The van der Waals surface area contributed by atoms with Crippen molar-refractivity contribution < 1.29 is 14.3 Å². The van der Waals surface area contributed by atoms with Gasteiger partial charge in [0.25, 0.3) is 0 Å². The molecular weight excluding hydrogens is 306 g/mol. The van der Waals surface area contributed by atoms with Gasteiger partial charge >= 0.3 is 0 Å². The molecule has 1 aromatic carbocycles. The zero-order valence-electron chi connectivity index (χ0n) is 12.3. The lowest BCUT2D eigenvalue weighted by Gasteiger charge is -2.26. The maximum Gasteiger partial charge on any atom is 0.238 e. The monoisotopic (exact) mass is 325 g/mol. The van der Waals surface area contributed by atoms with Crippen LogP contribution in [0.25, 0.3) is 0 Å². The Morgan fingerprint density at radius 2 is 2.05 bits per heavy atom. The van der Waals surface area contributed by atoms with Crippen LogP contribution in [0.1, 0.15) is 12.0 Å². The minimum atomic E-state index is -0.0257. The van der Waals surface area contributed by atoms with Gasteiger partial charge in [-0.15, -0.1) is 12.4 Å². The number of nitrogens with zero attached hydrogens (tertiary/aromatic N) is 1. The molecule has 7 heteroatoms. The average Bonchev–Trinajstić information content (AvgIpc) is 2.48. The highest BCUT2D eigenvalue weighted by atomic mass is 35.5. The number of fused-ring (bicyclic) bond motifs is 1. The van der Waals surface area contributed by atoms with Gasteiger partial charge in [0.1, 0.15) is 0 Å². The topological polar surface area (TPSA) is 70.7 Å². The van der Waals surface area contributed by atoms with Gasteiger partial charge in [0.05, 0.1) is 19.8 Å². The second-order valence-electron chi connectivity index (χ2n) is 5.32. The first-order valence-corrected chi connectivity index (χ1v) is 7.24. The average molecular weight is 326 g/mol. The molecule has 120 valence electrons. The van der Waals surface area contributed by atoms with Crippen molar-refractivity contribution in [2.75, 3.05) is 43.5 Å². The SMILES string of the molecule is Cl.O=C1CCc2c(cccc2NC(=O)CN2CCOCC2)N1. The molecule has 1 saturated heterocycles. The molecule has 2 aliphatic rings. The number of rotatable bonds is 3. The van der Waals surface area contributed by atoms with E-state index in [9.17, 15) is 9.59 Å². The predicted octanol–water partition coefficient (Wildman–Crippen LogP) is 1.26. The molecule has 0 unspecified atom stereocenters. The van der Waals surface area contributed by atoms with Gasteiger partial charge in [0.15, 0.2) is 0 Å². The quantitative estimate of drug-likeness (QED) is 0.878. The molecule has 0 saturated carbocycles. The molecule has 2 N–H and O–H groups in total. The van der Waals surface area contributed by atoms with Crippen molar-refractivity contribution in [3.8, 4) is 0 Å². The summed E-state index contributed by atoms with van der Waals surface area (Å²) in [6.07, 6.45) is 1.12. The Bertz CT molecular complexity index is 559. The molecule has 2 aliphatic heterocycles. The molecule has 1 fully saturated rings. The zero-order chi connectivity index (χ0) is 14.7. The number of halogens is 1. The highest BCUT2D eigenvalue weighted by Gasteiger charge is 2.19. The number of amides is 2. The number of anilines is 2. The minimum Gasteiger partial charge on any atom is -0.379 e. The van der Waals surface area contributed by atoms with Crippen LogP contribution >= 0.6 is 12.4 Å². The molecule has 2 heterocycles. The lowest BCUT2D eigenvalue weighted by atomic mass is 10.0. The molecule has 0 bridgehead atoms. The van der Waals surface area contributed by atoms with Crippen molar-refractivity contribution in [2.45, 2.75) is 12.8 Å². The summed E-state index contributed by atoms with van der Waals surface area (Å²) in [7, 11) is 0. The fourth-order valence-corrected chi connectivity index (χ4v) is 2.69. The number of morpholine rings is 1. The molecular formula is C15H20ClN3O3. The first-order valence-electron chi connectivity index (χ1n) is 7.24. The fraction of sp³-hybridized carbons (Fsp3) is 0.467. The molecule has 6 nitrogen and oxygen atoms in total. The van der Waals surface area contributed by atoms with E-state index in [0.29, 0.717) is 32.6 Å². The third kappa shape index (κ3) is 3.97. The van der Waals surface area contributed by atoms with Crippen LogP contribution in [0.4, 0.5) is 11.4 Å². The predicted molar refractivity (Wildman–Crippen MR) is 86.5 cm³/mol. The first kappa shape index (κ1) is 16.7. The summed E-state index contributed by atoms with van der Waals surface area (Å²) in [5, 5.41) is 5.80. The summed E-state index contributed by atoms with van der Waals surface area (Å²) in [6, 6.07) is 5.59. The van der Waals surface area contributed by atoms with Crippen molar-refractivity contribution in [3.05, 3.63) is 23.8 Å². The van der Waals surface area contributed by atoms with Gasteiger partial charge in [-0.1, -0.05) is 6.07 Å². The van der Waals surface area contributed by atoms with Gasteiger partial charge in [0, 0.05) is 30.9 Å². The minimum absolute atomic E-state index is 0. The van der Waals surface area contributed by atoms with Gasteiger partial charge in [-0.2, -0.15) is 0 Å². The number of carbonyl (C=O) groups is 2. The summed E-state index contributed by atoms with van der Waals surface area (Å²) < 4.78 is 5.27. The van der Waals surface area contributed by atoms with Crippen molar-refractivity contribution in [3.63, 3.8) is 0 Å². The second-order valence-corrected chi connectivity index (χ2v) is 5.32. The van der Waals surface area contributed by atoms with Crippen LogP contribution < -0.4 is 10.6 Å². The Kier molecular flexibility index (Phi) is 5.76. The van der Waals surface area contributed by atoms with Crippen molar-refractivity contribution >= 4 is 35.6 Å². The Hall–Kier alpha value is -1.63. The summed E-state index contributed by atoms with van der Waals surface area (Å²) in [6.45, 7) is 3.31. The van der Waals surface area contributed by atoms with Crippen LogP contribution in [0, 0.1) is 0 Å². The third-order valence-corrected chi connectivity index (χ3v) is 3.80. The van der Waals surface area contributed by atoms with E-state index in [4.69, 9.17) is 4.74 Å². The van der Waals surface area contributed by atoms with E-state index < -0.39 is 0 Å². The normalized spacial score (nSPS) is 17.9. The molecule has 0 spiro atoms. The van der Waals surface area contributed by atoms with Crippen molar-refractivity contribution in [2.24, 2.45) is 0 Å². The summed E-state index contributed by atoms with van der Waals surface area (Å²) in [5.74, 6) is 0.00138. The van der Waals surface area contributed by atoms with Gasteiger partial charge in [-0.3, -0.25) is 14.5 Å². The number of hydrogen-bond donors (Lipinski definition) is 2. The summed E-state index contributed by atoms with van der Waals surface area (Å²) in [4.78, 5) is 25.6. The number of nitrogens with one attached hydrogen (secondary N) is 2. The molecule has 0 atom stereocenters. The molecule has 1 aromatic rings. The Morgan fingerprint density at radius 1 is 1.27 bits per heavy atom. The van der Waals surface area contributed by atoms with Crippen LogP contribution in [0.3, 0.4) is 0 Å². The van der Waals surface area contributed by atoms with Gasteiger partial charge < -0.3 is 15.4 Å². The molecule has 22 heavy (non-hydrogen) atoms. The smallest absolute Gasteiger partial charge is 0.238 e. The van der Waals surface area contributed by atoms with Gasteiger partial charge in [0.2, 0.25) is 11.8 Å². The molecule has 0 aromatic heterocycles. The second kappa shape index (κ2) is 7.58. The number of ether oxygens (including phenoxy) is 1. The van der Waals surface area contributed by atoms with Crippen LogP contribution in [0.2, 0.25) is 0 Å². The van der Waals surface area contributed by atoms with Crippen molar-refractivity contribution in [1.82, 2.24) is 4.90 Å². The van der Waals surface area contributed by atoms with E-state index in [1.807, 2.05) is 18.2 Å². The van der Waals surface area contributed by atoms with E-state index >= 15 is 0 Å². The van der Waals surface area contributed by atoms with Crippen LogP contribution in [0.5, 0.6) is 0 Å². The molecule has 3 rings (SSSR count). The van der Waals surface area contributed by atoms with E-state index in [2.05, 4.69) is 15.5 Å². The lowest BCUT2D eigenvalue weighted by molar-refractivity contribution is -0.118. The van der Waals surface area contributed by atoms with Crippen molar-refractivity contribution in [1.29, 1.82) is 0 Å². The fourth-order valence-electron chi connectivity index (χ4n) is 2.69. The van der Waals surface area contributed by atoms with Crippen LogP contribution in [0.15, 0.2) is 18.2 Å². The Morgan fingerprint density at radius 3 is 2.82 bits per heavy atom. The Labute approximate surface area is 135 Å². The first-order chi connectivity index (χ1) is 10.2. The molecule has 0 radical (unpaired) electrons. The van der Waals surface area contributed by atoms with E-state index in [-0.39, 0.29) is 24.2 Å². The standard InChI is InChI=1S/C15H19N3O3.ClH/c19-14-5-4-11-12(16-14)2-1-3-13(11)17-15(20)10-18-6-8-21-9-7-18;/h1-3H,4-10H2,(H,16,19)(H,17,20);1H.